The third kappa shape index (κ3) is 5.57. The highest BCUT2D eigenvalue weighted by molar-refractivity contribution is 6.31. The van der Waals surface area contributed by atoms with Gasteiger partial charge in [0.1, 0.15) is 0 Å². The fourth-order valence-electron chi connectivity index (χ4n) is 3.96. The van der Waals surface area contributed by atoms with Crippen LogP contribution in [0.4, 0.5) is 22.7 Å². The molecule has 0 aliphatic heterocycles. The quantitative estimate of drug-likeness (QED) is 0.196. The van der Waals surface area contributed by atoms with Gasteiger partial charge < -0.3 is 10.6 Å². The molecule has 3 aromatic carbocycles. The van der Waals surface area contributed by atoms with Crippen molar-refractivity contribution in [3.63, 3.8) is 0 Å². The highest BCUT2D eigenvalue weighted by atomic mass is 35.5. The number of aromatic nitrogens is 2. The fourth-order valence-corrected chi connectivity index (χ4v) is 4.32. The number of anilines is 4. The number of para-hydroxylation sites is 1. The van der Waals surface area contributed by atoms with Gasteiger partial charge in [-0.05, 0) is 72.8 Å². The van der Waals surface area contributed by atoms with Crippen LogP contribution in [-0.4, -0.2) is 21.5 Å². The lowest BCUT2D eigenvalue weighted by Gasteiger charge is -2.19. The summed E-state index contributed by atoms with van der Waals surface area (Å²) in [6, 6.07) is 24.3. The first-order valence-electron chi connectivity index (χ1n) is 11.6. The SMILES string of the molecule is O=C(c1cccnc1)c1ccc(Cl)cc1Nc1cccc(C(=O)c2cccnc2)c1Nc1cccc(Cl)c1. The average molecular weight is 539 g/mol. The third-order valence-corrected chi connectivity index (χ3v) is 6.22. The number of benzene rings is 3. The van der Waals surface area contributed by atoms with Gasteiger partial charge in [0, 0.05) is 62.8 Å². The van der Waals surface area contributed by atoms with Crippen LogP contribution in [0.2, 0.25) is 10.0 Å². The van der Waals surface area contributed by atoms with Crippen molar-refractivity contribution in [2.24, 2.45) is 0 Å². The van der Waals surface area contributed by atoms with Gasteiger partial charge in [-0.25, -0.2) is 0 Å². The number of nitrogens with one attached hydrogen (secondary N) is 2. The standard InChI is InChI=1S/C30H20Cl2N4O2/c31-21-7-1-8-23(15-21)35-28-25(30(38)20-6-4-14-34-18-20)9-2-10-26(28)36-27-16-22(32)11-12-24(27)29(37)19-5-3-13-33-17-19/h1-18,35-36H. The van der Waals surface area contributed by atoms with Crippen molar-refractivity contribution in [2.75, 3.05) is 10.6 Å². The molecule has 5 rings (SSSR count). The monoisotopic (exact) mass is 538 g/mol. The maximum Gasteiger partial charge on any atom is 0.196 e. The Morgan fingerprint density at radius 3 is 1.92 bits per heavy atom. The van der Waals surface area contributed by atoms with Crippen LogP contribution >= 0.6 is 23.2 Å². The molecule has 0 unspecified atom stereocenters. The summed E-state index contributed by atoms with van der Waals surface area (Å²) in [5.74, 6) is -0.437. The lowest BCUT2D eigenvalue weighted by Crippen LogP contribution is -2.10. The van der Waals surface area contributed by atoms with Crippen LogP contribution in [0, 0.1) is 0 Å². The fraction of sp³-hybridized carbons (Fsp3) is 0. The summed E-state index contributed by atoms with van der Waals surface area (Å²) >= 11 is 12.5. The van der Waals surface area contributed by atoms with Crippen LogP contribution in [-0.2, 0) is 0 Å². The predicted molar refractivity (Wildman–Crippen MR) is 151 cm³/mol. The lowest BCUT2D eigenvalue weighted by molar-refractivity contribution is 0.103. The van der Waals surface area contributed by atoms with Crippen LogP contribution < -0.4 is 10.6 Å². The Morgan fingerprint density at radius 1 is 0.605 bits per heavy atom. The van der Waals surface area contributed by atoms with E-state index in [1.807, 2.05) is 18.2 Å². The highest BCUT2D eigenvalue weighted by Gasteiger charge is 2.20. The zero-order valence-electron chi connectivity index (χ0n) is 19.9. The van der Waals surface area contributed by atoms with E-state index in [-0.39, 0.29) is 11.6 Å². The molecule has 2 aromatic heterocycles. The number of hydrogen-bond donors (Lipinski definition) is 2. The largest absolute Gasteiger partial charge is 0.353 e. The van der Waals surface area contributed by atoms with Crippen LogP contribution in [0.25, 0.3) is 0 Å². The molecule has 186 valence electrons. The van der Waals surface area contributed by atoms with Crippen LogP contribution in [0.3, 0.4) is 0 Å². The summed E-state index contributed by atoms with van der Waals surface area (Å²) < 4.78 is 0. The number of rotatable bonds is 8. The Hall–Kier alpha value is -4.52. The van der Waals surface area contributed by atoms with E-state index in [1.54, 1.807) is 79.1 Å². The molecule has 8 heteroatoms. The predicted octanol–water partition coefficient (Wildman–Crippen LogP) is 7.73. The molecule has 38 heavy (non-hydrogen) atoms. The molecule has 0 bridgehead atoms. The Kier molecular flexibility index (Phi) is 7.45. The summed E-state index contributed by atoms with van der Waals surface area (Å²) in [6.45, 7) is 0. The lowest BCUT2D eigenvalue weighted by atomic mass is 10.00. The topological polar surface area (TPSA) is 84.0 Å². The molecule has 0 radical (unpaired) electrons. The van der Waals surface area contributed by atoms with E-state index in [0.717, 1.165) is 0 Å². The van der Waals surface area contributed by atoms with Crippen LogP contribution in [0.15, 0.2) is 110 Å². The Bertz CT molecular complexity index is 1630. The first-order valence-corrected chi connectivity index (χ1v) is 12.4. The van der Waals surface area contributed by atoms with Crippen molar-refractivity contribution >= 4 is 57.5 Å². The molecule has 2 heterocycles. The minimum atomic E-state index is -0.218. The zero-order valence-corrected chi connectivity index (χ0v) is 21.4. The summed E-state index contributed by atoms with van der Waals surface area (Å²) in [5, 5.41) is 7.64. The average Bonchev–Trinajstić information content (AvgIpc) is 2.94. The van der Waals surface area contributed by atoms with Gasteiger partial charge in [-0.2, -0.15) is 0 Å². The van der Waals surface area contributed by atoms with E-state index in [4.69, 9.17) is 23.2 Å². The first kappa shape index (κ1) is 25.1. The molecule has 0 aliphatic carbocycles. The van der Waals surface area contributed by atoms with E-state index in [9.17, 15) is 9.59 Å². The maximum atomic E-state index is 13.5. The van der Waals surface area contributed by atoms with Crippen molar-refractivity contribution in [2.45, 2.75) is 0 Å². The molecule has 0 spiro atoms. The Labute approximate surface area is 229 Å². The second-order valence-electron chi connectivity index (χ2n) is 8.32. The van der Waals surface area contributed by atoms with Gasteiger partial charge in [0.25, 0.3) is 0 Å². The van der Waals surface area contributed by atoms with Gasteiger partial charge in [0.05, 0.1) is 17.1 Å². The van der Waals surface area contributed by atoms with Gasteiger partial charge in [0.15, 0.2) is 11.6 Å². The van der Waals surface area contributed by atoms with Gasteiger partial charge in [-0.15, -0.1) is 0 Å². The first-order chi connectivity index (χ1) is 18.5. The molecule has 5 aromatic rings. The van der Waals surface area contributed by atoms with Crippen LogP contribution in [0.1, 0.15) is 31.8 Å². The van der Waals surface area contributed by atoms with Crippen molar-refractivity contribution in [1.29, 1.82) is 0 Å². The van der Waals surface area contributed by atoms with Crippen LogP contribution in [0.5, 0.6) is 0 Å². The minimum Gasteiger partial charge on any atom is -0.353 e. The number of carbonyl (C=O) groups excluding carboxylic acids is 2. The molecule has 2 N–H and O–H groups in total. The van der Waals surface area contributed by atoms with Crippen molar-refractivity contribution in [1.82, 2.24) is 9.97 Å². The second kappa shape index (κ2) is 11.3. The van der Waals surface area contributed by atoms with E-state index in [1.165, 1.54) is 12.4 Å². The number of halogens is 2. The maximum absolute atomic E-state index is 13.5. The van der Waals surface area contributed by atoms with Gasteiger partial charge in [-0.3, -0.25) is 19.6 Å². The van der Waals surface area contributed by atoms with E-state index in [0.29, 0.717) is 55.0 Å². The normalized spacial score (nSPS) is 10.6. The molecule has 0 saturated carbocycles. The highest BCUT2D eigenvalue weighted by Crippen LogP contribution is 2.36. The number of pyridine rings is 2. The number of nitrogens with zero attached hydrogens (tertiary/aromatic N) is 2. The van der Waals surface area contributed by atoms with Gasteiger partial charge >= 0.3 is 0 Å². The molecule has 0 aliphatic rings. The van der Waals surface area contributed by atoms with E-state index < -0.39 is 0 Å². The molecular formula is C30H20Cl2N4O2. The third-order valence-electron chi connectivity index (χ3n) is 5.75. The molecule has 6 nitrogen and oxygen atoms in total. The Balaban J connectivity index is 1.61. The minimum absolute atomic E-state index is 0.218. The molecule has 0 amide bonds. The summed E-state index contributed by atoms with van der Waals surface area (Å²) in [6.07, 6.45) is 6.25. The molecular weight excluding hydrogens is 519 g/mol. The van der Waals surface area contributed by atoms with E-state index in [2.05, 4.69) is 20.6 Å². The smallest absolute Gasteiger partial charge is 0.196 e. The van der Waals surface area contributed by atoms with Crippen molar-refractivity contribution in [3.05, 3.63) is 142 Å². The van der Waals surface area contributed by atoms with Crippen molar-refractivity contribution < 1.29 is 9.59 Å². The Morgan fingerprint density at radius 2 is 1.26 bits per heavy atom. The summed E-state index contributed by atoms with van der Waals surface area (Å²) in [7, 11) is 0. The second-order valence-corrected chi connectivity index (χ2v) is 9.19. The molecule has 0 atom stereocenters. The summed E-state index contributed by atoms with van der Waals surface area (Å²) in [5.41, 5.74) is 3.91. The molecule has 0 fully saturated rings. The van der Waals surface area contributed by atoms with Gasteiger partial charge in [0.2, 0.25) is 0 Å². The number of carbonyl (C=O) groups is 2. The van der Waals surface area contributed by atoms with E-state index >= 15 is 0 Å². The molecule has 0 saturated heterocycles. The number of ketones is 2. The van der Waals surface area contributed by atoms with Crippen molar-refractivity contribution in [3.8, 4) is 0 Å². The number of hydrogen-bond acceptors (Lipinski definition) is 6. The zero-order chi connectivity index (χ0) is 26.5. The van der Waals surface area contributed by atoms with Gasteiger partial charge in [-0.1, -0.05) is 35.3 Å². The summed E-state index contributed by atoms with van der Waals surface area (Å²) in [4.78, 5) is 35.0.